The Labute approximate surface area is 147 Å². The molecule has 3 heterocycles. The Morgan fingerprint density at radius 1 is 1.12 bits per heavy atom. The molecule has 0 bridgehead atoms. The van der Waals surface area contributed by atoms with Crippen LogP contribution in [0.2, 0.25) is 10.2 Å². The van der Waals surface area contributed by atoms with Crippen molar-refractivity contribution >= 4 is 39.8 Å². The molecule has 4 rings (SSSR count). The number of ether oxygens (including phenoxy) is 1. The average molecular weight is 359 g/mol. The van der Waals surface area contributed by atoms with Crippen LogP contribution in [0.3, 0.4) is 0 Å². The first-order valence-corrected chi connectivity index (χ1v) is 7.97. The number of nitrogens with zero attached hydrogens (tertiary/aromatic N) is 4. The SMILES string of the molecule is COc1ccc(C)c(-c2cc3cnc(Cl)cc3n3ncnc23)c1Cl. The number of aryl methyl sites for hydroxylation is 1. The van der Waals surface area contributed by atoms with Crippen molar-refractivity contribution in [1.29, 1.82) is 0 Å². The van der Waals surface area contributed by atoms with Gasteiger partial charge in [0.2, 0.25) is 0 Å². The molecule has 0 saturated carbocycles. The first kappa shape index (κ1) is 15.2. The van der Waals surface area contributed by atoms with Gasteiger partial charge in [0.25, 0.3) is 0 Å². The molecular formula is C17H12Cl2N4O. The zero-order valence-electron chi connectivity index (χ0n) is 12.9. The maximum absolute atomic E-state index is 6.57. The van der Waals surface area contributed by atoms with Crippen molar-refractivity contribution in [2.45, 2.75) is 6.92 Å². The van der Waals surface area contributed by atoms with E-state index in [1.165, 1.54) is 6.33 Å². The molecule has 1 aromatic carbocycles. The second kappa shape index (κ2) is 5.61. The van der Waals surface area contributed by atoms with Crippen LogP contribution in [-0.4, -0.2) is 26.7 Å². The topological polar surface area (TPSA) is 52.3 Å². The Kier molecular flexibility index (Phi) is 3.55. The van der Waals surface area contributed by atoms with Gasteiger partial charge in [-0.2, -0.15) is 5.10 Å². The standard InChI is InChI=1S/C17H12Cl2N4O/c1-9-3-4-13(24-2)16(19)15(9)11-5-10-7-20-14(18)6-12(10)23-17(11)21-8-22-23/h3-8H,1-2H3. The fourth-order valence-electron chi connectivity index (χ4n) is 2.87. The summed E-state index contributed by atoms with van der Waals surface area (Å²) in [6.45, 7) is 2.00. The number of hydrogen-bond donors (Lipinski definition) is 0. The summed E-state index contributed by atoms with van der Waals surface area (Å²) >= 11 is 12.6. The zero-order chi connectivity index (χ0) is 16.8. The van der Waals surface area contributed by atoms with Gasteiger partial charge in [-0.05, 0) is 24.6 Å². The lowest BCUT2D eigenvalue weighted by atomic mass is 9.99. The number of fused-ring (bicyclic) bond motifs is 3. The highest BCUT2D eigenvalue weighted by Gasteiger charge is 2.18. The highest BCUT2D eigenvalue weighted by atomic mass is 35.5. The van der Waals surface area contributed by atoms with E-state index in [0.29, 0.717) is 21.6 Å². The second-order valence-corrected chi connectivity index (χ2v) is 6.16. The quantitative estimate of drug-likeness (QED) is 0.492. The summed E-state index contributed by atoms with van der Waals surface area (Å²) in [6.07, 6.45) is 3.22. The van der Waals surface area contributed by atoms with Crippen LogP contribution < -0.4 is 4.74 Å². The number of pyridine rings is 2. The summed E-state index contributed by atoms with van der Waals surface area (Å²) < 4.78 is 7.10. The van der Waals surface area contributed by atoms with E-state index in [2.05, 4.69) is 15.1 Å². The number of methoxy groups -OCH3 is 1. The van der Waals surface area contributed by atoms with E-state index in [4.69, 9.17) is 27.9 Å². The third-order valence-corrected chi connectivity index (χ3v) is 4.58. The fraction of sp³-hybridized carbons (Fsp3) is 0.118. The molecule has 0 aliphatic rings. The third kappa shape index (κ3) is 2.20. The maximum atomic E-state index is 6.57. The molecule has 0 saturated heterocycles. The molecule has 3 aromatic heterocycles. The van der Waals surface area contributed by atoms with Crippen LogP contribution in [0.1, 0.15) is 5.56 Å². The van der Waals surface area contributed by atoms with E-state index in [1.807, 2.05) is 25.1 Å². The van der Waals surface area contributed by atoms with Crippen molar-refractivity contribution in [1.82, 2.24) is 19.6 Å². The zero-order valence-corrected chi connectivity index (χ0v) is 14.4. The molecule has 0 spiro atoms. The van der Waals surface area contributed by atoms with E-state index in [9.17, 15) is 0 Å². The van der Waals surface area contributed by atoms with Gasteiger partial charge in [0.15, 0.2) is 5.65 Å². The Morgan fingerprint density at radius 2 is 1.96 bits per heavy atom. The van der Waals surface area contributed by atoms with Gasteiger partial charge in [-0.3, -0.25) is 0 Å². The van der Waals surface area contributed by atoms with Gasteiger partial charge < -0.3 is 4.74 Å². The molecule has 24 heavy (non-hydrogen) atoms. The van der Waals surface area contributed by atoms with Gasteiger partial charge >= 0.3 is 0 Å². The van der Waals surface area contributed by atoms with Gasteiger partial charge in [0.1, 0.15) is 17.2 Å². The van der Waals surface area contributed by atoms with Gasteiger partial charge in [-0.25, -0.2) is 14.5 Å². The number of halogens is 2. The van der Waals surface area contributed by atoms with E-state index in [-0.39, 0.29) is 0 Å². The maximum Gasteiger partial charge on any atom is 0.163 e. The van der Waals surface area contributed by atoms with Gasteiger partial charge in [0, 0.05) is 28.8 Å². The summed E-state index contributed by atoms with van der Waals surface area (Å²) in [5, 5.41) is 6.17. The minimum absolute atomic E-state index is 0.405. The Balaban J connectivity index is 2.14. The number of hydrogen-bond acceptors (Lipinski definition) is 4. The van der Waals surface area contributed by atoms with E-state index in [1.54, 1.807) is 23.9 Å². The molecule has 7 heteroatoms. The number of benzene rings is 1. The van der Waals surface area contributed by atoms with Gasteiger partial charge in [-0.15, -0.1) is 0 Å². The van der Waals surface area contributed by atoms with Crippen molar-refractivity contribution in [2.24, 2.45) is 0 Å². The fourth-order valence-corrected chi connectivity index (χ4v) is 3.42. The number of aromatic nitrogens is 4. The first-order chi connectivity index (χ1) is 11.6. The predicted octanol–water partition coefficient (Wildman–Crippen LogP) is 4.57. The smallest absolute Gasteiger partial charge is 0.163 e. The van der Waals surface area contributed by atoms with Crippen molar-refractivity contribution in [2.75, 3.05) is 7.11 Å². The summed E-state index contributed by atoms with van der Waals surface area (Å²) in [6, 6.07) is 7.58. The first-order valence-electron chi connectivity index (χ1n) is 7.21. The van der Waals surface area contributed by atoms with Gasteiger partial charge in [0.05, 0.1) is 17.6 Å². The lowest BCUT2D eigenvalue weighted by Crippen LogP contribution is -1.97. The Hall–Kier alpha value is -2.37. The molecule has 0 fully saturated rings. The molecule has 5 nitrogen and oxygen atoms in total. The third-order valence-electron chi connectivity index (χ3n) is 4.00. The van der Waals surface area contributed by atoms with Crippen molar-refractivity contribution in [3.8, 4) is 16.9 Å². The van der Waals surface area contributed by atoms with Gasteiger partial charge in [-0.1, -0.05) is 29.3 Å². The van der Waals surface area contributed by atoms with Crippen LogP contribution in [0.4, 0.5) is 0 Å². The van der Waals surface area contributed by atoms with Crippen LogP contribution in [-0.2, 0) is 0 Å². The van der Waals surface area contributed by atoms with Crippen molar-refractivity contribution in [3.05, 3.63) is 52.5 Å². The van der Waals surface area contributed by atoms with Crippen LogP contribution in [0, 0.1) is 6.92 Å². The largest absolute Gasteiger partial charge is 0.495 e. The molecule has 0 unspecified atom stereocenters. The molecule has 0 aliphatic carbocycles. The highest BCUT2D eigenvalue weighted by molar-refractivity contribution is 6.35. The van der Waals surface area contributed by atoms with Crippen LogP contribution in [0.25, 0.3) is 27.7 Å². The molecule has 120 valence electrons. The monoisotopic (exact) mass is 358 g/mol. The summed E-state index contributed by atoms with van der Waals surface area (Å²) in [5.41, 5.74) is 4.29. The van der Waals surface area contributed by atoms with Crippen molar-refractivity contribution < 1.29 is 4.74 Å². The molecular weight excluding hydrogens is 347 g/mol. The molecule has 0 aliphatic heterocycles. The van der Waals surface area contributed by atoms with Crippen molar-refractivity contribution in [3.63, 3.8) is 0 Å². The summed E-state index contributed by atoms with van der Waals surface area (Å²) in [5.74, 6) is 0.615. The Morgan fingerprint density at radius 3 is 2.75 bits per heavy atom. The normalized spacial score (nSPS) is 11.3. The molecule has 4 aromatic rings. The second-order valence-electron chi connectivity index (χ2n) is 5.39. The summed E-state index contributed by atoms with van der Waals surface area (Å²) in [4.78, 5) is 8.56. The van der Waals surface area contributed by atoms with Crippen LogP contribution in [0.15, 0.2) is 36.8 Å². The van der Waals surface area contributed by atoms with E-state index in [0.717, 1.165) is 27.6 Å². The minimum Gasteiger partial charge on any atom is -0.495 e. The lowest BCUT2D eigenvalue weighted by Gasteiger charge is -2.14. The molecule has 0 atom stereocenters. The molecule has 0 radical (unpaired) electrons. The van der Waals surface area contributed by atoms with E-state index < -0.39 is 0 Å². The minimum atomic E-state index is 0.405. The highest BCUT2D eigenvalue weighted by Crippen LogP contribution is 2.40. The lowest BCUT2D eigenvalue weighted by molar-refractivity contribution is 0.415. The molecule has 0 amide bonds. The van der Waals surface area contributed by atoms with Crippen LogP contribution >= 0.6 is 23.2 Å². The molecule has 0 N–H and O–H groups in total. The number of rotatable bonds is 2. The Bertz CT molecular complexity index is 1090. The van der Waals surface area contributed by atoms with Crippen LogP contribution in [0.5, 0.6) is 5.75 Å². The van der Waals surface area contributed by atoms with E-state index >= 15 is 0 Å². The summed E-state index contributed by atoms with van der Waals surface area (Å²) in [7, 11) is 1.60. The predicted molar refractivity (Wildman–Crippen MR) is 95.0 cm³/mol. The average Bonchev–Trinajstić information content (AvgIpc) is 3.05.